The number of hydrogen-bond donors (Lipinski definition) is 1. The van der Waals surface area contributed by atoms with Gasteiger partial charge in [0.2, 0.25) is 0 Å². The van der Waals surface area contributed by atoms with Crippen molar-refractivity contribution in [2.24, 2.45) is 5.41 Å². The molecule has 0 amide bonds. The Morgan fingerprint density at radius 2 is 1.87 bits per heavy atom. The fourth-order valence-electron chi connectivity index (χ4n) is 2.78. The molecule has 0 heterocycles. The molecule has 0 bridgehead atoms. The van der Waals surface area contributed by atoms with E-state index in [0.29, 0.717) is 5.41 Å². The second-order valence-corrected chi connectivity index (χ2v) is 4.91. The van der Waals surface area contributed by atoms with Crippen LogP contribution in [0.15, 0.2) is 0 Å². The molecule has 0 aromatic rings. The molecule has 0 aromatic carbocycles. The smallest absolute Gasteiger partial charge is 0.0467 e. The SMILES string of the molecule is CCNCCC1(CCOC)CCCCC1. The first-order valence-electron chi connectivity index (χ1n) is 6.53. The summed E-state index contributed by atoms with van der Waals surface area (Å²) in [5, 5.41) is 3.46. The lowest BCUT2D eigenvalue weighted by Crippen LogP contribution is -2.30. The van der Waals surface area contributed by atoms with Crippen LogP contribution in [0.3, 0.4) is 0 Å². The molecule has 1 aliphatic rings. The average molecular weight is 213 g/mol. The summed E-state index contributed by atoms with van der Waals surface area (Å²) in [6.45, 7) is 5.40. The second-order valence-electron chi connectivity index (χ2n) is 4.91. The Morgan fingerprint density at radius 3 is 2.47 bits per heavy atom. The van der Waals surface area contributed by atoms with E-state index < -0.39 is 0 Å². The lowest BCUT2D eigenvalue weighted by atomic mass is 9.70. The van der Waals surface area contributed by atoms with E-state index in [1.54, 1.807) is 0 Å². The molecule has 0 atom stereocenters. The average Bonchev–Trinajstić information content (AvgIpc) is 2.28. The van der Waals surface area contributed by atoms with Gasteiger partial charge in [-0.05, 0) is 44.2 Å². The summed E-state index contributed by atoms with van der Waals surface area (Å²) in [6.07, 6.45) is 9.73. The van der Waals surface area contributed by atoms with Gasteiger partial charge in [-0.1, -0.05) is 26.2 Å². The Labute approximate surface area is 94.8 Å². The lowest BCUT2D eigenvalue weighted by molar-refractivity contribution is 0.0947. The van der Waals surface area contributed by atoms with Crippen molar-refractivity contribution in [2.75, 3.05) is 26.8 Å². The van der Waals surface area contributed by atoms with Crippen molar-refractivity contribution in [2.45, 2.75) is 51.9 Å². The zero-order valence-electron chi connectivity index (χ0n) is 10.5. The van der Waals surface area contributed by atoms with Crippen molar-refractivity contribution in [3.8, 4) is 0 Å². The van der Waals surface area contributed by atoms with Crippen molar-refractivity contribution in [3.05, 3.63) is 0 Å². The first kappa shape index (κ1) is 13.0. The Balaban J connectivity index is 2.35. The van der Waals surface area contributed by atoms with Crippen LogP contribution in [0.2, 0.25) is 0 Å². The predicted molar refractivity (Wildman–Crippen MR) is 65.2 cm³/mol. The summed E-state index contributed by atoms with van der Waals surface area (Å²) in [4.78, 5) is 0. The van der Waals surface area contributed by atoms with Gasteiger partial charge >= 0.3 is 0 Å². The van der Waals surface area contributed by atoms with Gasteiger partial charge in [0.05, 0.1) is 0 Å². The minimum absolute atomic E-state index is 0.594. The van der Waals surface area contributed by atoms with Crippen LogP contribution >= 0.6 is 0 Å². The highest BCUT2D eigenvalue weighted by Gasteiger charge is 2.30. The largest absolute Gasteiger partial charge is 0.385 e. The zero-order chi connectivity index (χ0) is 11.0. The number of hydrogen-bond acceptors (Lipinski definition) is 2. The molecule has 0 aromatic heterocycles. The monoisotopic (exact) mass is 213 g/mol. The molecular weight excluding hydrogens is 186 g/mol. The molecule has 0 radical (unpaired) electrons. The number of ether oxygens (including phenoxy) is 1. The molecular formula is C13H27NO. The van der Waals surface area contributed by atoms with Gasteiger partial charge in [0.1, 0.15) is 0 Å². The molecule has 0 unspecified atom stereocenters. The second kappa shape index (κ2) is 7.24. The summed E-state index contributed by atoms with van der Waals surface area (Å²) in [6, 6.07) is 0. The summed E-state index contributed by atoms with van der Waals surface area (Å²) >= 11 is 0. The van der Waals surface area contributed by atoms with Crippen molar-refractivity contribution in [1.82, 2.24) is 5.32 Å². The number of nitrogens with one attached hydrogen (secondary N) is 1. The van der Waals surface area contributed by atoms with Crippen LogP contribution in [0, 0.1) is 5.41 Å². The zero-order valence-corrected chi connectivity index (χ0v) is 10.5. The first-order valence-corrected chi connectivity index (χ1v) is 6.53. The summed E-state index contributed by atoms with van der Waals surface area (Å²) in [5.74, 6) is 0. The first-order chi connectivity index (χ1) is 7.33. The normalized spacial score (nSPS) is 20.4. The molecule has 1 aliphatic carbocycles. The highest BCUT2D eigenvalue weighted by atomic mass is 16.5. The van der Waals surface area contributed by atoms with Crippen molar-refractivity contribution in [1.29, 1.82) is 0 Å². The number of methoxy groups -OCH3 is 1. The number of rotatable bonds is 7. The Morgan fingerprint density at radius 1 is 1.13 bits per heavy atom. The molecule has 15 heavy (non-hydrogen) atoms. The van der Waals surface area contributed by atoms with Gasteiger partial charge in [-0.25, -0.2) is 0 Å². The fourth-order valence-corrected chi connectivity index (χ4v) is 2.78. The van der Waals surface area contributed by atoms with Crippen LogP contribution in [-0.2, 0) is 4.74 Å². The van der Waals surface area contributed by atoms with E-state index in [9.17, 15) is 0 Å². The maximum absolute atomic E-state index is 5.26. The maximum Gasteiger partial charge on any atom is 0.0467 e. The van der Waals surface area contributed by atoms with E-state index in [2.05, 4.69) is 12.2 Å². The van der Waals surface area contributed by atoms with Crippen LogP contribution < -0.4 is 5.32 Å². The van der Waals surface area contributed by atoms with Crippen LogP contribution in [0.5, 0.6) is 0 Å². The molecule has 1 N–H and O–H groups in total. The van der Waals surface area contributed by atoms with Gasteiger partial charge in [0.25, 0.3) is 0 Å². The van der Waals surface area contributed by atoms with E-state index in [1.165, 1.54) is 51.5 Å². The molecule has 0 saturated heterocycles. The molecule has 90 valence electrons. The van der Waals surface area contributed by atoms with E-state index in [-0.39, 0.29) is 0 Å². The quantitative estimate of drug-likeness (QED) is 0.656. The van der Waals surface area contributed by atoms with Gasteiger partial charge in [-0.15, -0.1) is 0 Å². The minimum atomic E-state index is 0.594. The third-order valence-electron chi connectivity index (χ3n) is 3.83. The third kappa shape index (κ3) is 4.52. The molecule has 0 aliphatic heterocycles. The van der Waals surface area contributed by atoms with Gasteiger partial charge in [0, 0.05) is 13.7 Å². The highest BCUT2D eigenvalue weighted by molar-refractivity contribution is 4.83. The van der Waals surface area contributed by atoms with Gasteiger partial charge in [-0.2, -0.15) is 0 Å². The molecule has 1 fully saturated rings. The molecule has 1 rings (SSSR count). The van der Waals surface area contributed by atoms with Gasteiger partial charge in [0.15, 0.2) is 0 Å². The maximum atomic E-state index is 5.26. The third-order valence-corrected chi connectivity index (χ3v) is 3.83. The standard InChI is InChI=1S/C13H27NO/c1-3-14-11-9-13(10-12-15-2)7-5-4-6-8-13/h14H,3-12H2,1-2H3. The summed E-state index contributed by atoms with van der Waals surface area (Å²) in [5.41, 5.74) is 0.594. The molecule has 2 heteroatoms. The lowest BCUT2D eigenvalue weighted by Gasteiger charge is -2.37. The topological polar surface area (TPSA) is 21.3 Å². The van der Waals surface area contributed by atoms with E-state index >= 15 is 0 Å². The Kier molecular flexibility index (Phi) is 6.26. The molecule has 2 nitrogen and oxygen atoms in total. The van der Waals surface area contributed by atoms with Crippen molar-refractivity contribution in [3.63, 3.8) is 0 Å². The summed E-state index contributed by atoms with van der Waals surface area (Å²) < 4.78 is 5.26. The highest BCUT2D eigenvalue weighted by Crippen LogP contribution is 2.41. The van der Waals surface area contributed by atoms with Crippen LogP contribution in [0.1, 0.15) is 51.9 Å². The van der Waals surface area contributed by atoms with E-state index in [0.717, 1.165) is 13.2 Å². The van der Waals surface area contributed by atoms with Crippen LogP contribution in [-0.4, -0.2) is 26.8 Å². The summed E-state index contributed by atoms with van der Waals surface area (Å²) in [7, 11) is 1.82. The Hall–Kier alpha value is -0.0800. The van der Waals surface area contributed by atoms with Crippen LogP contribution in [0.4, 0.5) is 0 Å². The molecule has 0 spiro atoms. The molecule has 1 saturated carbocycles. The fraction of sp³-hybridized carbons (Fsp3) is 1.00. The van der Waals surface area contributed by atoms with E-state index in [1.807, 2.05) is 7.11 Å². The predicted octanol–water partition coefficient (Wildman–Crippen LogP) is 2.97. The van der Waals surface area contributed by atoms with Gasteiger partial charge in [-0.3, -0.25) is 0 Å². The van der Waals surface area contributed by atoms with Crippen molar-refractivity contribution < 1.29 is 4.74 Å². The van der Waals surface area contributed by atoms with Crippen molar-refractivity contribution >= 4 is 0 Å². The van der Waals surface area contributed by atoms with Gasteiger partial charge < -0.3 is 10.1 Å². The van der Waals surface area contributed by atoms with E-state index in [4.69, 9.17) is 4.74 Å². The minimum Gasteiger partial charge on any atom is -0.385 e. The van der Waals surface area contributed by atoms with Crippen LogP contribution in [0.25, 0.3) is 0 Å². The Bertz CT molecular complexity index is 153.